The first kappa shape index (κ1) is 19.7. The van der Waals surface area contributed by atoms with Crippen LogP contribution >= 0.6 is 11.3 Å². The van der Waals surface area contributed by atoms with Crippen molar-refractivity contribution in [1.29, 1.82) is 0 Å². The summed E-state index contributed by atoms with van der Waals surface area (Å²) in [6.45, 7) is 3.54. The third-order valence-corrected chi connectivity index (χ3v) is 7.31. The summed E-state index contributed by atoms with van der Waals surface area (Å²) in [4.78, 5) is 34.2. The molecule has 5 rings (SSSR count). The van der Waals surface area contributed by atoms with Gasteiger partial charge in [0.25, 0.3) is 0 Å². The molecule has 2 aliphatic heterocycles. The van der Waals surface area contributed by atoms with E-state index in [-0.39, 0.29) is 24.2 Å². The average molecular weight is 425 g/mol. The Morgan fingerprint density at radius 3 is 2.83 bits per heavy atom. The van der Waals surface area contributed by atoms with E-state index in [1.807, 2.05) is 11.4 Å². The van der Waals surface area contributed by atoms with Gasteiger partial charge in [0.2, 0.25) is 11.8 Å². The van der Waals surface area contributed by atoms with E-state index in [4.69, 9.17) is 0 Å². The number of anilines is 2. The molecule has 1 aliphatic carbocycles. The second-order valence-corrected chi connectivity index (χ2v) is 9.54. The smallest absolute Gasteiger partial charge is 0.231 e. The number of carbonyl (C=O) groups is 2. The first-order valence-electron chi connectivity index (χ1n) is 11.1. The highest BCUT2D eigenvalue weighted by Crippen LogP contribution is 2.31. The Balaban J connectivity index is 1.19. The van der Waals surface area contributed by atoms with Crippen LogP contribution in [-0.2, 0) is 29.0 Å². The topological polar surface area (TPSA) is 65.5 Å². The monoisotopic (exact) mass is 424 g/mol. The largest absolute Gasteiger partial charge is 0.312 e. The minimum atomic E-state index is -0.333. The van der Waals surface area contributed by atoms with Crippen LogP contribution in [0.5, 0.6) is 0 Å². The number of likely N-dealkylation sites (tertiary alicyclic amines) is 1. The Bertz CT molecular complexity index is 950. The van der Waals surface area contributed by atoms with Crippen LogP contribution in [0.1, 0.15) is 48.9 Å². The first-order chi connectivity index (χ1) is 14.7. The zero-order chi connectivity index (χ0) is 20.5. The van der Waals surface area contributed by atoms with Crippen LogP contribution in [-0.4, -0.2) is 41.3 Å². The van der Waals surface area contributed by atoms with Gasteiger partial charge in [-0.2, -0.15) is 0 Å². The maximum Gasteiger partial charge on any atom is 0.231 e. The SMILES string of the molecule is O=C(Nc1nc(CN2CCCCC2)cs1)[C@H]1CC(=O)N(c2ccc3c(c2)CCC3)C1. The molecule has 2 amide bonds. The average Bonchev–Trinajstić information content (AvgIpc) is 3.48. The second kappa shape index (κ2) is 8.47. The predicted molar refractivity (Wildman–Crippen MR) is 119 cm³/mol. The van der Waals surface area contributed by atoms with Crippen LogP contribution in [0.4, 0.5) is 10.8 Å². The van der Waals surface area contributed by atoms with E-state index >= 15 is 0 Å². The Morgan fingerprint density at radius 2 is 1.97 bits per heavy atom. The van der Waals surface area contributed by atoms with Gasteiger partial charge in [0, 0.05) is 30.6 Å². The first-order valence-corrected chi connectivity index (χ1v) is 11.9. The van der Waals surface area contributed by atoms with E-state index in [1.54, 1.807) is 4.90 Å². The van der Waals surface area contributed by atoms with Gasteiger partial charge in [-0.25, -0.2) is 4.98 Å². The molecule has 2 aromatic rings. The van der Waals surface area contributed by atoms with E-state index in [9.17, 15) is 9.59 Å². The molecule has 0 spiro atoms. The molecule has 0 saturated carbocycles. The quantitative estimate of drug-likeness (QED) is 0.796. The lowest BCUT2D eigenvalue weighted by atomic mass is 10.1. The summed E-state index contributed by atoms with van der Waals surface area (Å²) >= 11 is 1.47. The molecular weight excluding hydrogens is 396 g/mol. The van der Waals surface area contributed by atoms with Crippen LogP contribution in [0.3, 0.4) is 0 Å². The minimum absolute atomic E-state index is 0.0259. The number of rotatable bonds is 5. The Kier molecular flexibility index (Phi) is 5.56. The molecule has 7 heteroatoms. The summed E-state index contributed by atoms with van der Waals surface area (Å²) in [5.41, 5.74) is 4.68. The van der Waals surface area contributed by atoms with Gasteiger partial charge in [-0.1, -0.05) is 12.5 Å². The van der Waals surface area contributed by atoms with Gasteiger partial charge in [-0.05, 0) is 68.5 Å². The lowest BCUT2D eigenvalue weighted by molar-refractivity contribution is -0.122. The number of hydrogen-bond acceptors (Lipinski definition) is 5. The Hall–Kier alpha value is -2.25. The highest BCUT2D eigenvalue weighted by atomic mass is 32.1. The lowest BCUT2D eigenvalue weighted by Crippen LogP contribution is -2.29. The van der Waals surface area contributed by atoms with Gasteiger partial charge in [-0.3, -0.25) is 14.5 Å². The highest BCUT2D eigenvalue weighted by Gasteiger charge is 2.35. The number of fused-ring (bicyclic) bond motifs is 1. The molecule has 0 unspecified atom stereocenters. The molecular formula is C23H28N4O2S. The van der Waals surface area contributed by atoms with Crippen molar-refractivity contribution in [3.05, 3.63) is 40.4 Å². The number of amides is 2. The van der Waals surface area contributed by atoms with Crippen molar-refractivity contribution in [3.8, 4) is 0 Å². The van der Waals surface area contributed by atoms with E-state index in [2.05, 4.69) is 27.3 Å². The molecule has 2 fully saturated rings. The van der Waals surface area contributed by atoms with Crippen LogP contribution in [0, 0.1) is 5.92 Å². The molecule has 0 radical (unpaired) electrons. The second-order valence-electron chi connectivity index (χ2n) is 8.68. The molecule has 1 aromatic carbocycles. The van der Waals surface area contributed by atoms with Crippen molar-refractivity contribution < 1.29 is 9.59 Å². The summed E-state index contributed by atoms with van der Waals surface area (Å²) in [6.07, 6.45) is 7.48. The predicted octanol–water partition coefficient (Wildman–Crippen LogP) is 3.61. The molecule has 1 atom stereocenters. The van der Waals surface area contributed by atoms with Gasteiger partial charge >= 0.3 is 0 Å². The van der Waals surface area contributed by atoms with Gasteiger partial charge in [0.05, 0.1) is 11.6 Å². The van der Waals surface area contributed by atoms with Crippen LogP contribution in [0.15, 0.2) is 23.6 Å². The third kappa shape index (κ3) is 4.14. The van der Waals surface area contributed by atoms with Gasteiger partial charge in [-0.15, -0.1) is 11.3 Å². The zero-order valence-corrected chi connectivity index (χ0v) is 18.0. The van der Waals surface area contributed by atoms with Crippen LogP contribution in [0.25, 0.3) is 0 Å². The Morgan fingerprint density at radius 1 is 1.13 bits per heavy atom. The van der Waals surface area contributed by atoms with Crippen LogP contribution in [0.2, 0.25) is 0 Å². The fourth-order valence-electron chi connectivity index (χ4n) is 4.85. The van der Waals surface area contributed by atoms with Gasteiger partial charge in [0.1, 0.15) is 0 Å². The van der Waals surface area contributed by atoms with Crippen LogP contribution < -0.4 is 10.2 Å². The standard InChI is InChI=1S/C23H28N4O2S/c28-21-12-18(13-27(21)20-8-7-16-5-4-6-17(16)11-20)22(29)25-23-24-19(15-30-23)14-26-9-2-1-3-10-26/h7-8,11,15,18H,1-6,9-10,12-14H2,(H,24,25,29)/t18-/m0/s1. The molecule has 2 saturated heterocycles. The summed E-state index contributed by atoms with van der Waals surface area (Å²) in [6, 6.07) is 6.29. The van der Waals surface area contributed by atoms with E-state index in [1.165, 1.54) is 48.1 Å². The molecule has 3 aliphatic rings. The summed E-state index contributed by atoms with van der Waals surface area (Å²) in [5, 5.41) is 5.61. The van der Waals surface area contributed by atoms with Crippen molar-refractivity contribution in [3.63, 3.8) is 0 Å². The van der Waals surface area contributed by atoms with Crippen molar-refractivity contribution in [1.82, 2.24) is 9.88 Å². The maximum atomic E-state index is 12.8. The number of aromatic nitrogens is 1. The Labute approximate surface area is 181 Å². The molecule has 6 nitrogen and oxygen atoms in total. The minimum Gasteiger partial charge on any atom is -0.312 e. The van der Waals surface area contributed by atoms with Crippen molar-refractivity contribution in [2.75, 3.05) is 29.9 Å². The van der Waals surface area contributed by atoms with Gasteiger partial charge < -0.3 is 10.2 Å². The molecule has 1 N–H and O–H groups in total. The van der Waals surface area contributed by atoms with Crippen molar-refractivity contribution >= 4 is 34.0 Å². The number of piperidine rings is 1. The highest BCUT2D eigenvalue weighted by molar-refractivity contribution is 7.13. The summed E-state index contributed by atoms with van der Waals surface area (Å²) in [5.74, 6) is -0.413. The number of thiazole rings is 1. The van der Waals surface area contributed by atoms with E-state index in [0.29, 0.717) is 11.7 Å². The van der Waals surface area contributed by atoms with Crippen molar-refractivity contribution in [2.24, 2.45) is 5.92 Å². The molecule has 158 valence electrons. The number of aryl methyl sites for hydroxylation is 2. The van der Waals surface area contributed by atoms with Gasteiger partial charge in [0.15, 0.2) is 5.13 Å². The van der Waals surface area contributed by atoms with E-state index in [0.717, 1.165) is 43.9 Å². The fraction of sp³-hybridized carbons (Fsp3) is 0.522. The number of hydrogen-bond donors (Lipinski definition) is 1. The normalized spacial score (nSPS) is 21.8. The number of nitrogens with one attached hydrogen (secondary N) is 1. The maximum absolute atomic E-state index is 12.8. The number of nitrogens with zero attached hydrogens (tertiary/aromatic N) is 3. The fourth-order valence-corrected chi connectivity index (χ4v) is 5.55. The lowest BCUT2D eigenvalue weighted by Gasteiger charge is -2.25. The summed E-state index contributed by atoms with van der Waals surface area (Å²) < 4.78 is 0. The zero-order valence-electron chi connectivity index (χ0n) is 17.2. The van der Waals surface area contributed by atoms with E-state index < -0.39 is 0 Å². The molecule has 3 heterocycles. The summed E-state index contributed by atoms with van der Waals surface area (Å²) in [7, 11) is 0. The number of carbonyl (C=O) groups excluding carboxylic acids is 2. The molecule has 0 bridgehead atoms. The van der Waals surface area contributed by atoms with Crippen molar-refractivity contribution in [2.45, 2.75) is 51.5 Å². The number of benzene rings is 1. The third-order valence-electron chi connectivity index (χ3n) is 6.51. The molecule has 1 aromatic heterocycles. The molecule has 30 heavy (non-hydrogen) atoms.